The summed E-state index contributed by atoms with van der Waals surface area (Å²) in [6.45, 7) is 9.38. The molecule has 1 atom stereocenters. The molecule has 1 fully saturated rings. The molecule has 118 valence electrons. The first kappa shape index (κ1) is 16.3. The highest BCUT2D eigenvalue weighted by molar-refractivity contribution is 5.29. The molecule has 1 aliphatic heterocycles. The maximum absolute atomic E-state index is 10.3. The van der Waals surface area contributed by atoms with E-state index in [0.717, 1.165) is 50.6 Å². The number of morpholine rings is 1. The van der Waals surface area contributed by atoms with Gasteiger partial charge in [0, 0.05) is 19.6 Å². The van der Waals surface area contributed by atoms with Gasteiger partial charge in [0.2, 0.25) is 0 Å². The van der Waals surface area contributed by atoms with Crippen LogP contribution in [0.2, 0.25) is 0 Å². The standard InChI is InChI=1S/C17H27NO3/c1-14(2)13-21-16-5-3-4-15(12-16)17(19)6-7-18-8-10-20-11-9-18/h3-5,12,14,17,19H,6-11,13H2,1-2H3. The molecule has 4 nitrogen and oxygen atoms in total. The fourth-order valence-electron chi connectivity index (χ4n) is 2.37. The first-order chi connectivity index (χ1) is 10.1. The van der Waals surface area contributed by atoms with Gasteiger partial charge in [0.05, 0.1) is 25.9 Å². The maximum Gasteiger partial charge on any atom is 0.119 e. The van der Waals surface area contributed by atoms with Gasteiger partial charge in [-0.15, -0.1) is 0 Å². The molecule has 1 aromatic rings. The lowest BCUT2D eigenvalue weighted by molar-refractivity contribution is 0.0300. The van der Waals surface area contributed by atoms with E-state index < -0.39 is 6.10 Å². The fraction of sp³-hybridized carbons (Fsp3) is 0.647. The Labute approximate surface area is 127 Å². The number of hydrogen-bond donors (Lipinski definition) is 1. The van der Waals surface area contributed by atoms with Gasteiger partial charge in [-0.05, 0) is 30.0 Å². The van der Waals surface area contributed by atoms with Crippen molar-refractivity contribution in [2.75, 3.05) is 39.5 Å². The lowest BCUT2D eigenvalue weighted by Gasteiger charge is -2.27. The molecule has 1 aromatic carbocycles. The van der Waals surface area contributed by atoms with E-state index in [9.17, 15) is 5.11 Å². The van der Waals surface area contributed by atoms with Crippen LogP contribution in [0.4, 0.5) is 0 Å². The van der Waals surface area contributed by atoms with Crippen molar-refractivity contribution in [2.45, 2.75) is 26.4 Å². The van der Waals surface area contributed by atoms with Gasteiger partial charge in [-0.2, -0.15) is 0 Å². The van der Waals surface area contributed by atoms with Crippen LogP contribution in [0.3, 0.4) is 0 Å². The summed E-state index contributed by atoms with van der Waals surface area (Å²) >= 11 is 0. The summed E-state index contributed by atoms with van der Waals surface area (Å²) in [7, 11) is 0. The van der Waals surface area contributed by atoms with Gasteiger partial charge in [0.25, 0.3) is 0 Å². The van der Waals surface area contributed by atoms with Crippen LogP contribution in [0, 0.1) is 5.92 Å². The summed E-state index contributed by atoms with van der Waals surface area (Å²) in [5, 5.41) is 10.3. The van der Waals surface area contributed by atoms with Crippen LogP contribution in [-0.2, 0) is 4.74 Å². The molecule has 1 aliphatic rings. The normalized spacial score (nSPS) is 17.9. The van der Waals surface area contributed by atoms with Gasteiger partial charge in [-0.25, -0.2) is 0 Å². The molecule has 0 saturated carbocycles. The number of benzene rings is 1. The zero-order valence-corrected chi connectivity index (χ0v) is 13.1. The minimum absolute atomic E-state index is 0.435. The van der Waals surface area contributed by atoms with Gasteiger partial charge < -0.3 is 14.6 Å². The van der Waals surface area contributed by atoms with E-state index in [2.05, 4.69) is 18.7 Å². The van der Waals surface area contributed by atoms with E-state index in [1.54, 1.807) is 0 Å². The van der Waals surface area contributed by atoms with Crippen molar-refractivity contribution in [1.29, 1.82) is 0 Å². The third kappa shape index (κ3) is 5.65. The Balaban J connectivity index is 1.83. The lowest BCUT2D eigenvalue weighted by atomic mass is 10.1. The zero-order chi connectivity index (χ0) is 15.1. The van der Waals surface area contributed by atoms with Gasteiger partial charge in [0.15, 0.2) is 0 Å². The predicted octanol–water partition coefficient (Wildman–Crippen LogP) is 2.48. The Kier molecular flexibility index (Phi) is 6.49. The van der Waals surface area contributed by atoms with Crippen LogP contribution >= 0.6 is 0 Å². The molecule has 4 heteroatoms. The highest BCUT2D eigenvalue weighted by Gasteiger charge is 2.14. The summed E-state index contributed by atoms with van der Waals surface area (Å²) < 4.78 is 11.0. The van der Waals surface area contributed by atoms with E-state index in [4.69, 9.17) is 9.47 Å². The highest BCUT2D eigenvalue weighted by atomic mass is 16.5. The smallest absolute Gasteiger partial charge is 0.119 e. The van der Waals surface area contributed by atoms with Crippen molar-refractivity contribution < 1.29 is 14.6 Å². The lowest BCUT2D eigenvalue weighted by Crippen LogP contribution is -2.37. The monoisotopic (exact) mass is 293 g/mol. The van der Waals surface area contributed by atoms with E-state index in [1.807, 2.05) is 24.3 Å². The van der Waals surface area contributed by atoms with Gasteiger partial charge >= 0.3 is 0 Å². The third-order valence-electron chi connectivity index (χ3n) is 3.65. The van der Waals surface area contributed by atoms with Crippen LogP contribution in [0.15, 0.2) is 24.3 Å². The second-order valence-electron chi connectivity index (χ2n) is 6.04. The fourth-order valence-corrected chi connectivity index (χ4v) is 2.37. The molecule has 0 aliphatic carbocycles. The number of aliphatic hydroxyl groups is 1. The van der Waals surface area contributed by atoms with Gasteiger partial charge in [0.1, 0.15) is 5.75 Å². The average Bonchev–Trinajstić information content (AvgIpc) is 2.52. The molecule has 1 heterocycles. The molecule has 1 saturated heterocycles. The quantitative estimate of drug-likeness (QED) is 0.838. The Morgan fingerprint density at radius 2 is 2.05 bits per heavy atom. The van der Waals surface area contributed by atoms with Gasteiger partial charge in [-0.3, -0.25) is 4.90 Å². The Hall–Kier alpha value is -1.10. The summed E-state index contributed by atoms with van der Waals surface area (Å²) in [5.41, 5.74) is 0.935. The van der Waals surface area contributed by atoms with E-state index in [0.29, 0.717) is 12.5 Å². The molecule has 21 heavy (non-hydrogen) atoms. The summed E-state index contributed by atoms with van der Waals surface area (Å²) in [6, 6.07) is 7.81. The SMILES string of the molecule is CC(C)COc1cccc(C(O)CCN2CCOCC2)c1. The van der Waals surface area contributed by atoms with Crippen LogP contribution < -0.4 is 4.74 Å². The van der Waals surface area contributed by atoms with Crippen LogP contribution in [0.25, 0.3) is 0 Å². The molecular formula is C17H27NO3. The van der Waals surface area contributed by atoms with E-state index >= 15 is 0 Å². The van der Waals surface area contributed by atoms with E-state index in [-0.39, 0.29) is 0 Å². The summed E-state index contributed by atoms with van der Waals surface area (Å²) in [4.78, 5) is 2.34. The maximum atomic E-state index is 10.3. The van der Waals surface area contributed by atoms with Crippen LogP contribution in [0.1, 0.15) is 31.9 Å². The minimum Gasteiger partial charge on any atom is -0.493 e. The van der Waals surface area contributed by atoms with Crippen molar-refractivity contribution in [2.24, 2.45) is 5.92 Å². The number of aliphatic hydroxyl groups excluding tert-OH is 1. The molecule has 0 amide bonds. The predicted molar refractivity (Wildman–Crippen MR) is 83.6 cm³/mol. The van der Waals surface area contributed by atoms with Crippen molar-refractivity contribution in [3.8, 4) is 5.75 Å². The van der Waals surface area contributed by atoms with Crippen molar-refractivity contribution in [1.82, 2.24) is 4.90 Å². The number of rotatable bonds is 7. The van der Waals surface area contributed by atoms with Crippen molar-refractivity contribution >= 4 is 0 Å². The molecule has 2 rings (SSSR count). The van der Waals surface area contributed by atoms with Crippen LogP contribution in [-0.4, -0.2) is 49.5 Å². The first-order valence-corrected chi connectivity index (χ1v) is 7.86. The summed E-state index contributed by atoms with van der Waals surface area (Å²) in [5.74, 6) is 1.34. The largest absolute Gasteiger partial charge is 0.493 e. The third-order valence-corrected chi connectivity index (χ3v) is 3.65. The Morgan fingerprint density at radius 1 is 1.29 bits per heavy atom. The molecule has 1 N–H and O–H groups in total. The number of hydrogen-bond acceptors (Lipinski definition) is 4. The topological polar surface area (TPSA) is 41.9 Å². The van der Waals surface area contributed by atoms with E-state index in [1.165, 1.54) is 0 Å². The number of nitrogens with zero attached hydrogens (tertiary/aromatic N) is 1. The van der Waals surface area contributed by atoms with Crippen LogP contribution in [0.5, 0.6) is 5.75 Å². The average molecular weight is 293 g/mol. The second kappa shape index (κ2) is 8.37. The molecular weight excluding hydrogens is 266 g/mol. The Morgan fingerprint density at radius 3 is 2.76 bits per heavy atom. The second-order valence-corrected chi connectivity index (χ2v) is 6.04. The Bertz CT molecular complexity index is 416. The van der Waals surface area contributed by atoms with Crippen molar-refractivity contribution in [3.05, 3.63) is 29.8 Å². The zero-order valence-electron chi connectivity index (χ0n) is 13.1. The molecule has 0 radical (unpaired) electrons. The minimum atomic E-state index is -0.435. The van der Waals surface area contributed by atoms with Gasteiger partial charge in [-0.1, -0.05) is 26.0 Å². The molecule has 0 bridgehead atoms. The molecule has 0 aromatic heterocycles. The van der Waals surface area contributed by atoms with Crippen molar-refractivity contribution in [3.63, 3.8) is 0 Å². The molecule has 0 spiro atoms. The highest BCUT2D eigenvalue weighted by Crippen LogP contribution is 2.22. The molecule has 1 unspecified atom stereocenters. The number of ether oxygens (including phenoxy) is 2. The summed E-state index contributed by atoms with van der Waals surface area (Å²) in [6.07, 6.45) is 0.309. The first-order valence-electron chi connectivity index (χ1n) is 7.86.